The van der Waals surface area contributed by atoms with E-state index >= 15 is 0 Å². The maximum atomic E-state index is 11.3. The Morgan fingerprint density at radius 3 is 2.35 bits per heavy atom. The van der Waals surface area contributed by atoms with Crippen molar-refractivity contribution in [1.29, 1.82) is 0 Å². The van der Waals surface area contributed by atoms with Gasteiger partial charge in [0.15, 0.2) is 0 Å². The Labute approximate surface area is 127 Å². The number of hydrogen-bond donors (Lipinski definition) is 0. The first-order chi connectivity index (χ1) is 9.60. The molecule has 0 radical (unpaired) electrons. The summed E-state index contributed by atoms with van der Waals surface area (Å²) in [6.45, 7) is 0. The number of esters is 1. The normalized spacial score (nSPS) is 10.4. The van der Waals surface area contributed by atoms with Crippen LogP contribution in [0.5, 0.6) is 11.5 Å². The lowest BCUT2D eigenvalue weighted by Crippen LogP contribution is -2.00. The van der Waals surface area contributed by atoms with Gasteiger partial charge in [-0.2, -0.15) is 0 Å². The molecule has 0 amide bonds. The molecule has 20 heavy (non-hydrogen) atoms. The lowest BCUT2D eigenvalue weighted by atomic mass is 10.2. The summed E-state index contributed by atoms with van der Waals surface area (Å²) in [7, 11) is 1.34. The van der Waals surface area contributed by atoms with Gasteiger partial charge < -0.3 is 9.47 Å². The third-order valence-corrected chi connectivity index (χ3v) is 3.13. The number of ether oxygens (including phenoxy) is 2. The molecule has 0 aliphatic heterocycles. The van der Waals surface area contributed by atoms with E-state index in [1.165, 1.54) is 7.11 Å². The number of halogens is 2. The van der Waals surface area contributed by atoms with E-state index in [2.05, 4.69) is 4.74 Å². The number of carbonyl (C=O) groups excluding carboxylic acids is 1. The Morgan fingerprint density at radius 2 is 1.75 bits per heavy atom. The Morgan fingerprint density at radius 1 is 1.05 bits per heavy atom. The fourth-order valence-electron chi connectivity index (χ4n) is 1.63. The summed E-state index contributed by atoms with van der Waals surface area (Å²) in [6, 6.07) is 13.8. The minimum Gasteiger partial charge on any atom is -0.465 e. The molecule has 0 bridgehead atoms. The van der Waals surface area contributed by atoms with E-state index in [-0.39, 0.29) is 5.97 Å². The summed E-state index contributed by atoms with van der Waals surface area (Å²) in [5.41, 5.74) is 1.23. The van der Waals surface area contributed by atoms with Gasteiger partial charge >= 0.3 is 5.97 Å². The lowest BCUT2D eigenvalue weighted by Gasteiger charge is -2.08. The summed E-state index contributed by atoms with van der Waals surface area (Å²) < 4.78 is 10.3. The van der Waals surface area contributed by atoms with Gasteiger partial charge in [0.1, 0.15) is 16.3 Å². The van der Waals surface area contributed by atoms with Crippen molar-refractivity contribution >= 4 is 29.2 Å². The van der Waals surface area contributed by atoms with Crippen LogP contribution in [-0.4, -0.2) is 13.1 Å². The van der Waals surface area contributed by atoms with Crippen molar-refractivity contribution < 1.29 is 14.3 Å². The zero-order valence-corrected chi connectivity index (χ0v) is 12.2. The highest BCUT2D eigenvalue weighted by Crippen LogP contribution is 2.29. The Kier molecular flexibility index (Phi) is 4.88. The molecule has 5 heteroatoms. The average Bonchev–Trinajstić information content (AvgIpc) is 2.47. The van der Waals surface area contributed by atoms with Crippen LogP contribution in [0.15, 0.2) is 48.5 Å². The van der Waals surface area contributed by atoms with E-state index in [9.17, 15) is 4.79 Å². The van der Waals surface area contributed by atoms with Gasteiger partial charge in [0.25, 0.3) is 0 Å². The third-order valence-electron chi connectivity index (χ3n) is 2.62. The van der Waals surface area contributed by atoms with Crippen LogP contribution in [0.2, 0.25) is 0 Å². The van der Waals surface area contributed by atoms with Crippen LogP contribution in [0.4, 0.5) is 0 Å². The molecule has 3 nitrogen and oxygen atoms in total. The summed E-state index contributed by atoms with van der Waals surface area (Å²) in [6.07, 6.45) is 0. The Hall–Kier alpha value is -1.71. The molecule has 2 aromatic rings. The predicted octanol–water partition coefficient (Wildman–Crippen LogP) is 4.74. The van der Waals surface area contributed by atoms with Crippen LogP contribution < -0.4 is 4.74 Å². The molecular weight excluding hydrogens is 299 g/mol. The van der Waals surface area contributed by atoms with Gasteiger partial charge in [-0.25, -0.2) is 4.79 Å². The molecule has 0 spiro atoms. The van der Waals surface area contributed by atoms with Crippen molar-refractivity contribution in [3.63, 3.8) is 0 Å². The standard InChI is InChI=1S/C15H12Cl2O3/c1-19-15(18)10-5-7-12(8-6-10)20-13-4-2-3-11(9-13)14(16)17/h2-9,14H,1H3. The van der Waals surface area contributed by atoms with Gasteiger partial charge in [0.2, 0.25) is 0 Å². The van der Waals surface area contributed by atoms with Crippen LogP contribution in [0.1, 0.15) is 20.8 Å². The van der Waals surface area contributed by atoms with Gasteiger partial charge in [-0.15, -0.1) is 23.2 Å². The van der Waals surface area contributed by atoms with E-state index in [1.807, 2.05) is 12.1 Å². The van der Waals surface area contributed by atoms with Crippen molar-refractivity contribution in [2.45, 2.75) is 4.84 Å². The van der Waals surface area contributed by atoms with Gasteiger partial charge in [-0.3, -0.25) is 0 Å². The molecule has 0 saturated carbocycles. The molecule has 0 atom stereocenters. The molecule has 0 aliphatic rings. The number of hydrogen-bond acceptors (Lipinski definition) is 3. The van der Waals surface area contributed by atoms with Gasteiger partial charge in [-0.05, 0) is 42.0 Å². The second-order valence-electron chi connectivity index (χ2n) is 3.99. The van der Waals surface area contributed by atoms with Gasteiger partial charge in [0.05, 0.1) is 12.7 Å². The van der Waals surface area contributed by atoms with Gasteiger partial charge in [-0.1, -0.05) is 12.1 Å². The molecule has 2 aromatic carbocycles. The smallest absolute Gasteiger partial charge is 0.337 e. The number of alkyl halides is 2. The summed E-state index contributed by atoms with van der Waals surface area (Å²) in [4.78, 5) is 10.7. The molecule has 0 saturated heterocycles. The first-order valence-electron chi connectivity index (χ1n) is 5.84. The monoisotopic (exact) mass is 310 g/mol. The number of rotatable bonds is 4. The van der Waals surface area contributed by atoms with Crippen molar-refractivity contribution in [3.8, 4) is 11.5 Å². The van der Waals surface area contributed by atoms with Crippen LogP contribution in [0.3, 0.4) is 0 Å². The highest BCUT2D eigenvalue weighted by Gasteiger charge is 2.07. The summed E-state index contributed by atoms with van der Waals surface area (Å²) in [5, 5.41) is 0. The summed E-state index contributed by atoms with van der Waals surface area (Å²) >= 11 is 11.6. The van der Waals surface area contributed by atoms with Crippen molar-refractivity contribution in [2.75, 3.05) is 7.11 Å². The minimum absolute atomic E-state index is 0.384. The first-order valence-corrected chi connectivity index (χ1v) is 6.72. The first kappa shape index (κ1) is 14.7. The number of benzene rings is 2. The zero-order valence-electron chi connectivity index (χ0n) is 10.7. The van der Waals surface area contributed by atoms with Crippen molar-refractivity contribution in [3.05, 3.63) is 59.7 Å². The lowest BCUT2D eigenvalue weighted by molar-refractivity contribution is 0.0600. The van der Waals surface area contributed by atoms with Crippen LogP contribution in [-0.2, 0) is 4.74 Å². The maximum Gasteiger partial charge on any atom is 0.337 e. The Bertz CT molecular complexity index is 594. The van der Waals surface area contributed by atoms with Crippen LogP contribution >= 0.6 is 23.2 Å². The molecular formula is C15H12Cl2O3. The summed E-state index contributed by atoms with van der Waals surface area (Å²) in [5.74, 6) is 0.848. The fourth-order valence-corrected chi connectivity index (χ4v) is 1.90. The van der Waals surface area contributed by atoms with E-state index in [0.29, 0.717) is 17.1 Å². The second-order valence-corrected chi connectivity index (χ2v) is 5.09. The third kappa shape index (κ3) is 3.65. The molecule has 104 valence electrons. The number of methoxy groups -OCH3 is 1. The largest absolute Gasteiger partial charge is 0.465 e. The molecule has 0 aliphatic carbocycles. The molecule has 0 unspecified atom stereocenters. The van der Waals surface area contributed by atoms with Crippen LogP contribution in [0, 0.1) is 0 Å². The molecule has 0 heterocycles. The van der Waals surface area contributed by atoms with E-state index in [0.717, 1.165) is 5.56 Å². The second kappa shape index (κ2) is 6.64. The molecule has 0 aromatic heterocycles. The van der Waals surface area contributed by atoms with Gasteiger partial charge in [0, 0.05) is 0 Å². The highest BCUT2D eigenvalue weighted by molar-refractivity contribution is 6.44. The number of carbonyl (C=O) groups is 1. The molecule has 0 fully saturated rings. The zero-order chi connectivity index (χ0) is 14.5. The van der Waals surface area contributed by atoms with E-state index in [1.54, 1.807) is 36.4 Å². The average molecular weight is 311 g/mol. The topological polar surface area (TPSA) is 35.5 Å². The molecule has 2 rings (SSSR count). The predicted molar refractivity (Wildman–Crippen MR) is 78.7 cm³/mol. The highest BCUT2D eigenvalue weighted by atomic mass is 35.5. The maximum absolute atomic E-state index is 11.3. The minimum atomic E-state index is -0.597. The van der Waals surface area contributed by atoms with E-state index in [4.69, 9.17) is 27.9 Å². The van der Waals surface area contributed by atoms with Crippen molar-refractivity contribution in [1.82, 2.24) is 0 Å². The quantitative estimate of drug-likeness (QED) is 0.604. The molecule has 0 N–H and O–H groups in total. The Balaban J connectivity index is 2.14. The fraction of sp³-hybridized carbons (Fsp3) is 0.133. The van der Waals surface area contributed by atoms with E-state index < -0.39 is 4.84 Å². The SMILES string of the molecule is COC(=O)c1ccc(Oc2cccc(C(Cl)Cl)c2)cc1. The van der Waals surface area contributed by atoms with Crippen molar-refractivity contribution in [2.24, 2.45) is 0 Å². The van der Waals surface area contributed by atoms with Crippen LogP contribution in [0.25, 0.3) is 0 Å².